The molecule has 0 amide bonds. The Kier molecular flexibility index (Phi) is 10.2. The van der Waals surface area contributed by atoms with E-state index in [9.17, 15) is 14.7 Å². The predicted molar refractivity (Wildman–Crippen MR) is 146 cm³/mol. The Hall–Kier alpha value is -2.90. The zero-order valence-corrected chi connectivity index (χ0v) is 22.7. The number of carbonyl (C=O) groups excluding carboxylic acids is 2. The van der Waals surface area contributed by atoms with E-state index in [4.69, 9.17) is 14.2 Å². The van der Waals surface area contributed by atoms with Gasteiger partial charge in [0.1, 0.15) is 24.7 Å². The number of methoxy groups -OCH3 is 1. The molecular formula is C31H41NO6. The van der Waals surface area contributed by atoms with Gasteiger partial charge in [0.25, 0.3) is 0 Å². The molecular weight excluding hydrogens is 482 g/mol. The first-order valence-electron chi connectivity index (χ1n) is 13.9. The SMILES string of the molecule is COc1ccc(C(=O)CCCCCC(=O)C[C@H](CN2CCC[C@H]2C)[C@H](O)c2ccc3c(c2)OCCO3)cc1. The minimum Gasteiger partial charge on any atom is -0.497 e. The molecule has 7 heteroatoms. The lowest BCUT2D eigenvalue weighted by atomic mass is 9.89. The first-order valence-corrected chi connectivity index (χ1v) is 13.9. The largest absolute Gasteiger partial charge is 0.497 e. The van der Waals surface area contributed by atoms with Crippen molar-refractivity contribution in [1.82, 2.24) is 4.90 Å². The van der Waals surface area contributed by atoms with Crippen LogP contribution in [0.25, 0.3) is 0 Å². The van der Waals surface area contributed by atoms with Gasteiger partial charge >= 0.3 is 0 Å². The van der Waals surface area contributed by atoms with Crippen molar-refractivity contribution >= 4 is 11.6 Å². The number of hydrogen-bond donors (Lipinski definition) is 1. The first kappa shape index (κ1) is 28.1. The molecule has 0 bridgehead atoms. The Balaban J connectivity index is 1.28. The molecule has 2 aromatic carbocycles. The fraction of sp³-hybridized carbons (Fsp3) is 0.548. The number of ether oxygens (including phenoxy) is 3. The van der Waals surface area contributed by atoms with Gasteiger partial charge in [-0.15, -0.1) is 0 Å². The van der Waals surface area contributed by atoms with Gasteiger partial charge in [0.2, 0.25) is 0 Å². The highest BCUT2D eigenvalue weighted by Gasteiger charge is 2.30. The lowest BCUT2D eigenvalue weighted by Gasteiger charge is -2.30. The molecule has 0 unspecified atom stereocenters. The zero-order valence-electron chi connectivity index (χ0n) is 22.7. The number of ketones is 2. The third-order valence-corrected chi connectivity index (χ3v) is 7.78. The number of likely N-dealkylation sites (tertiary alicyclic amines) is 1. The zero-order chi connectivity index (χ0) is 26.9. The van der Waals surface area contributed by atoms with Crippen LogP contribution in [-0.4, -0.2) is 61.0 Å². The summed E-state index contributed by atoms with van der Waals surface area (Å²) in [6, 6.07) is 13.2. The van der Waals surface area contributed by atoms with Crippen LogP contribution in [0.1, 0.15) is 80.3 Å². The first-order chi connectivity index (χ1) is 18.4. The summed E-state index contributed by atoms with van der Waals surface area (Å²) >= 11 is 0. The summed E-state index contributed by atoms with van der Waals surface area (Å²) in [7, 11) is 1.60. The number of aliphatic hydroxyl groups excluding tert-OH is 1. The van der Waals surface area contributed by atoms with Crippen LogP contribution in [0.2, 0.25) is 0 Å². The average molecular weight is 524 g/mol. The van der Waals surface area contributed by atoms with Gasteiger partial charge in [-0.25, -0.2) is 0 Å². The number of unbranched alkanes of at least 4 members (excludes halogenated alkanes) is 2. The van der Waals surface area contributed by atoms with Gasteiger partial charge in [0.05, 0.1) is 13.2 Å². The molecule has 7 nitrogen and oxygen atoms in total. The van der Waals surface area contributed by atoms with Gasteiger partial charge in [0.15, 0.2) is 17.3 Å². The summed E-state index contributed by atoms with van der Waals surface area (Å²) in [4.78, 5) is 27.8. The summed E-state index contributed by atoms with van der Waals surface area (Å²) in [6.07, 6.45) is 5.15. The Morgan fingerprint density at radius 1 is 1.03 bits per heavy atom. The Labute approximate surface area is 226 Å². The molecule has 0 aromatic heterocycles. The summed E-state index contributed by atoms with van der Waals surface area (Å²) in [6.45, 7) is 4.93. The average Bonchev–Trinajstić information content (AvgIpc) is 3.35. The molecule has 2 aliphatic heterocycles. The van der Waals surface area contributed by atoms with Crippen LogP contribution in [-0.2, 0) is 4.79 Å². The second-order valence-electron chi connectivity index (χ2n) is 10.5. The molecule has 2 aliphatic rings. The monoisotopic (exact) mass is 523 g/mol. The highest BCUT2D eigenvalue weighted by atomic mass is 16.6. The van der Waals surface area contributed by atoms with Crippen LogP contribution in [0.5, 0.6) is 17.2 Å². The molecule has 2 aromatic rings. The summed E-state index contributed by atoms with van der Waals surface area (Å²) < 4.78 is 16.5. The molecule has 0 spiro atoms. The lowest BCUT2D eigenvalue weighted by Crippen LogP contribution is -2.35. The maximum Gasteiger partial charge on any atom is 0.162 e. The topological polar surface area (TPSA) is 85.3 Å². The quantitative estimate of drug-likeness (QED) is 0.262. The van der Waals surface area contributed by atoms with Gasteiger partial charge in [0, 0.05) is 43.3 Å². The minimum absolute atomic E-state index is 0.112. The fourth-order valence-corrected chi connectivity index (χ4v) is 5.46. The third kappa shape index (κ3) is 7.58. The molecule has 206 valence electrons. The number of benzene rings is 2. The van der Waals surface area contributed by atoms with Crippen molar-refractivity contribution in [3.63, 3.8) is 0 Å². The van der Waals surface area contributed by atoms with Crippen molar-refractivity contribution in [3.8, 4) is 17.2 Å². The van der Waals surface area contributed by atoms with E-state index < -0.39 is 6.10 Å². The van der Waals surface area contributed by atoms with E-state index in [2.05, 4.69) is 11.8 Å². The molecule has 0 aliphatic carbocycles. The Bertz CT molecular complexity index is 1070. The summed E-state index contributed by atoms with van der Waals surface area (Å²) in [5, 5.41) is 11.4. The molecule has 1 N–H and O–H groups in total. The van der Waals surface area contributed by atoms with Gasteiger partial charge in [-0.1, -0.05) is 12.5 Å². The van der Waals surface area contributed by atoms with Crippen molar-refractivity contribution < 1.29 is 28.9 Å². The van der Waals surface area contributed by atoms with Crippen LogP contribution in [0.3, 0.4) is 0 Å². The second kappa shape index (κ2) is 13.8. The van der Waals surface area contributed by atoms with Crippen molar-refractivity contribution in [2.45, 2.75) is 70.4 Å². The Morgan fingerprint density at radius 3 is 2.47 bits per heavy atom. The highest BCUT2D eigenvalue weighted by Crippen LogP contribution is 2.36. The maximum absolute atomic E-state index is 13.0. The predicted octanol–water partition coefficient (Wildman–Crippen LogP) is 5.39. The lowest BCUT2D eigenvalue weighted by molar-refractivity contribution is -0.121. The van der Waals surface area contributed by atoms with Gasteiger partial charge in [-0.2, -0.15) is 0 Å². The molecule has 0 radical (unpaired) electrons. The van der Waals surface area contributed by atoms with Crippen LogP contribution in [0.4, 0.5) is 0 Å². The van der Waals surface area contributed by atoms with Crippen LogP contribution >= 0.6 is 0 Å². The number of Topliss-reactive ketones (excluding diaryl/α,β-unsaturated/α-hetero) is 2. The summed E-state index contributed by atoms with van der Waals surface area (Å²) in [5.41, 5.74) is 1.45. The second-order valence-corrected chi connectivity index (χ2v) is 10.5. The maximum atomic E-state index is 13.0. The van der Waals surface area contributed by atoms with Crippen LogP contribution < -0.4 is 14.2 Å². The van der Waals surface area contributed by atoms with E-state index in [1.807, 2.05) is 18.2 Å². The van der Waals surface area contributed by atoms with E-state index in [-0.39, 0.29) is 17.5 Å². The number of hydrogen-bond acceptors (Lipinski definition) is 7. The molecule has 38 heavy (non-hydrogen) atoms. The normalized spacial score (nSPS) is 18.7. The molecule has 2 heterocycles. The van der Waals surface area contributed by atoms with E-state index in [1.165, 1.54) is 0 Å². The number of fused-ring (bicyclic) bond motifs is 1. The summed E-state index contributed by atoms with van der Waals surface area (Å²) in [5.74, 6) is 2.16. The number of rotatable bonds is 14. The molecule has 1 fully saturated rings. The highest BCUT2D eigenvalue weighted by molar-refractivity contribution is 5.96. The van der Waals surface area contributed by atoms with Crippen molar-refractivity contribution in [1.29, 1.82) is 0 Å². The number of carbonyl (C=O) groups is 2. The number of nitrogens with zero attached hydrogens (tertiary/aromatic N) is 1. The van der Waals surface area contributed by atoms with Crippen molar-refractivity contribution in [3.05, 3.63) is 53.6 Å². The van der Waals surface area contributed by atoms with E-state index in [1.54, 1.807) is 31.4 Å². The van der Waals surface area contributed by atoms with Crippen molar-refractivity contribution in [2.75, 3.05) is 33.4 Å². The van der Waals surface area contributed by atoms with E-state index >= 15 is 0 Å². The molecule has 0 saturated carbocycles. The van der Waals surface area contributed by atoms with Crippen molar-refractivity contribution in [2.24, 2.45) is 5.92 Å². The third-order valence-electron chi connectivity index (χ3n) is 7.78. The fourth-order valence-electron chi connectivity index (χ4n) is 5.46. The number of aliphatic hydroxyl groups is 1. The van der Waals surface area contributed by atoms with Crippen LogP contribution in [0.15, 0.2) is 42.5 Å². The molecule has 1 saturated heterocycles. The van der Waals surface area contributed by atoms with Gasteiger partial charge in [-0.05, 0) is 81.1 Å². The standard InChI is InChI=1S/C31H41NO6/c1-22-7-6-16-32(22)21-25(31(35)24-12-15-29-30(20-24)38-18-17-37-29)19-26(33)8-4-3-5-9-28(34)23-10-13-27(36-2)14-11-23/h10-15,20,22,25,31,35H,3-9,16-19,21H2,1-2H3/t22-,25-,31-/m1/s1. The smallest absolute Gasteiger partial charge is 0.162 e. The Morgan fingerprint density at radius 2 is 1.76 bits per heavy atom. The molecule has 3 atom stereocenters. The van der Waals surface area contributed by atoms with Gasteiger partial charge in [-0.3, -0.25) is 9.59 Å². The van der Waals surface area contributed by atoms with E-state index in [0.29, 0.717) is 62.1 Å². The minimum atomic E-state index is -0.760. The molecule has 4 rings (SSSR count). The van der Waals surface area contributed by atoms with E-state index in [0.717, 1.165) is 50.0 Å². The van der Waals surface area contributed by atoms with Crippen LogP contribution in [0, 0.1) is 5.92 Å². The van der Waals surface area contributed by atoms with Gasteiger partial charge < -0.3 is 24.2 Å².